The predicted octanol–water partition coefficient (Wildman–Crippen LogP) is 2.83. The summed E-state index contributed by atoms with van der Waals surface area (Å²) in [7, 11) is 1.55. The Morgan fingerprint density at radius 1 is 1.39 bits per heavy atom. The molecule has 152 valence electrons. The van der Waals surface area contributed by atoms with E-state index >= 15 is 0 Å². The van der Waals surface area contributed by atoms with E-state index in [9.17, 15) is 9.59 Å². The molecule has 2 atom stereocenters. The molecule has 0 bridgehead atoms. The van der Waals surface area contributed by atoms with E-state index in [1.165, 1.54) is 11.3 Å². The number of methoxy groups -OCH3 is 1. The largest absolute Gasteiger partial charge is 0.473 e. The van der Waals surface area contributed by atoms with Crippen molar-refractivity contribution in [1.82, 2.24) is 20.5 Å². The molecule has 0 saturated heterocycles. The summed E-state index contributed by atoms with van der Waals surface area (Å²) in [5.74, 6) is 0.601. The third-order valence-corrected chi connectivity index (χ3v) is 5.50. The highest BCUT2D eigenvalue weighted by Gasteiger charge is 2.28. The monoisotopic (exact) mass is 407 g/mol. The summed E-state index contributed by atoms with van der Waals surface area (Å²) in [5.41, 5.74) is 0.959. The molecular formula is C18H25N5O4S. The number of ether oxygens (including phenoxy) is 2. The summed E-state index contributed by atoms with van der Waals surface area (Å²) in [5, 5.41) is 13.4. The van der Waals surface area contributed by atoms with E-state index in [4.69, 9.17) is 9.47 Å². The molecule has 1 saturated carbocycles. The van der Waals surface area contributed by atoms with Gasteiger partial charge in [-0.1, -0.05) is 18.3 Å². The number of aromatic amines is 1. The standard InChI is InChI=1S/C18H25N5O4S/c1-3-6-27-17(25)20-12-5-4-11(7-12)14-9-15(23-22-14)21-16(24)8-13-10-19-18(26-2)28-13/h9-12H,3-8H2,1-2H3,(H,20,25)(H2,21,22,23,24)/t11-,12+/m0/s1. The average Bonchev–Trinajstić information content (AvgIpc) is 3.41. The second-order valence-corrected chi connectivity index (χ2v) is 7.79. The highest BCUT2D eigenvalue weighted by Crippen LogP contribution is 2.34. The van der Waals surface area contributed by atoms with Crippen molar-refractivity contribution in [3.8, 4) is 5.19 Å². The molecule has 0 spiro atoms. The smallest absolute Gasteiger partial charge is 0.407 e. The van der Waals surface area contributed by atoms with Crippen LogP contribution in [0.3, 0.4) is 0 Å². The van der Waals surface area contributed by atoms with Crippen molar-refractivity contribution in [2.75, 3.05) is 19.0 Å². The maximum atomic E-state index is 12.2. The summed E-state index contributed by atoms with van der Waals surface area (Å²) in [6, 6.07) is 1.95. The molecule has 1 aliphatic carbocycles. The number of H-pyrrole nitrogens is 1. The van der Waals surface area contributed by atoms with Crippen LogP contribution < -0.4 is 15.4 Å². The van der Waals surface area contributed by atoms with Crippen LogP contribution in [0.4, 0.5) is 10.6 Å². The normalized spacial score (nSPS) is 18.6. The maximum Gasteiger partial charge on any atom is 0.407 e. The maximum absolute atomic E-state index is 12.2. The number of alkyl carbamates (subject to hydrolysis) is 1. The molecule has 10 heteroatoms. The second-order valence-electron chi connectivity index (χ2n) is 6.72. The molecule has 1 aliphatic rings. The number of nitrogens with zero attached hydrogens (tertiary/aromatic N) is 2. The van der Waals surface area contributed by atoms with Crippen LogP contribution in [0.5, 0.6) is 5.19 Å². The van der Waals surface area contributed by atoms with Crippen molar-refractivity contribution >= 4 is 29.2 Å². The lowest BCUT2D eigenvalue weighted by Crippen LogP contribution is -2.33. The number of nitrogens with one attached hydrogen (secondary N) is 3. The Hall–Kier alpha value is -2.62. The number of anilines is 1. The summed E-state index contributed by atoms with van der Waals surface area (Å²) in [6.45, 7) is 2.39. The number of carbonyl (C=O) groups is 2. The van der Waals surface area contributed by atoms with Gasteiger partial charge in [0.1, 0.15) is 0 Å². The van der Waals surface area contributed by atoms with E-state index in [2.05, 4.69) is 25.8 Å². The molecule has 28 heavy (non-hydrogen) atoms. The fourth-order valence-corrected chi connectivity index (χ4v) is 3.94. The van der Waals surface area contributed by atoms with E-state index < -0.39 is 0 Å². The first-order valence-electron chi connectivity index (χ1n) is 9.34. The fraction of sp³-hybridized carbons (Fsp3) is 0.556. The third kappa shape index (κ3) is 5.44. The highest BCUT2D eigenvalue weighted by atomic mass is 32.1. The average molecular weight is 407 g/mol. The molecule has 2 heterocycles. The quantitative estimate of drug-likeness (QED) is 0.619. The van der Waals surface area contributed by atoms with Crippen molar-refractivity contribution in [2.24, 2.45) is 0 Å². The van der Waals surface area contributed by atoms with Crippen molar-refractivity contribution in [3.63, 3.8) is 0 Å². The van der Waals surface area contributed by atoms with E-state index in [0.29, 0.717) is 17.6 Å². The Bertz CT molecular complexity index is 806. The van der Waals surface area contributed by atoms with Gasteiger partial charge in [-0.3, -0.25) is 9.89 Å². The van der Waals surface area contributed by atoms with Gasteiger partial charge in [0.15, 0.2) is 5.82 Å². The summed E-state index contributed by atoms with van der Waals surface area (Å²) in [6.07, 6.45) is 4.95. The van der Waals surface area contributed by atoms with Crippen molar-refractivity contribution in [3.05, 3.63) is 22.8 Å². The Labute approximate surface area is 167 Å². The van der Waals surface area contributed by atoms with E-state index in [1.54, 1.807) is 13.3 Å². The minimum atomic E-state index is -0.357. The molecule has 9 nitrogen and oxygen atoms in total. The predicted molar refractivity (Wildman–Crippen MR) is 105 cm³/mol. The van der Waals surface area contributed by atoms with Crippen LogP contribution in [-0.4, -0.2) is 46.9 Å². The van der Waals surface area contributed by atoms with Gasteiger partial charge in [-0.2, -0.15) is 5.10 Å². The van der Waals surface area contributed by atoms with Crippen LogP contribution >= 0.6 is 11.3 Å². The molecule has 0 unspecified atom stereocenters. The molecule has 3 rings (SSSR count). The van der Waals surface area contributed by atoms with Gasteiger partial charge >= 0.3 is 6.09 Å². The van der Waals surface area contributed by atoms with Crippen LogP contribution in [0.1, 0.15) is 49.1 Å². The number of carbonyl (C=O) groups excluding carboxylic acids is 2. The molecule has 2 aromatic heterocycles. The van der Waals surface area contributed by atoms with Crippen LogP contribution in [0.15, 0.2) is 12.3 Å². The molecular weight excluding hydrogens is 382 g/mol. The third-order valence-electron chi connectivity index (χ3n) is 4.54. The second kappa shape index (κ2) is 9.54. The highest BCUT2D eigenvalue weighted by molar-refractivity contribution is 7.13. The van der Waals surface area contributed by atoms with Gasteiger partial charge < -0.3 is 20.1 Å². The first-order valence-corrected chi connectivity index (χ1v) is 10.2. The molecule has 1 fully saturated rings. The molecule has 0 radical (unpaired) electrons. The van der Waals surface area contributed by atoms with Gasteiger partial charge in [0.05, 0.1) is 20.1 Å². The number of aromatic nitrogens is 3. The fourth-order valence-electron chi connectivity index (χ4n) is 3.22. The summed E-state index contributed by atoms with van der Waals surface area (Å²) >= 11 is 1.34. The Morgan fingerprint density at radius 3 is 3.00 bits per heavy atom. The number of hydrogen-bond acceptors (Lipinski definition) is 7. The first-order chi connectivity index (χ1) is 13.6. The molecule has 2 aromatic rings. The lowest BCUT2D eigenvalue weighted by Gasteiger charge is -2.12. The molecule has 3 N–H and O–H groups in total. The van der Waals surface area contributed by atoms with Gasteiger partial charge in [-0.25, -0.2) is 9.78 Å². The van der Waals surface area contributed by atoms with Gasteiger partial charge in [0, 0.05) is 34.8 Å². The number of thiazole rings is 1. The van der Waals surface area contributed by atoms with Gasteiger partial charge in [0.25, 0.3) is 5.19 Å². The zero-order valence-corrected chi connectivity index (χ0v) is 16.8. The zero-order chi connectivity index (χ0) is 19.9. The van der Waals surface area contributed by atoms with Crippen LogP contribution in [-0.2, 0) is 16.0 Å². The SMILES string of the molecule is CCCOC(=O)N[C@@H]1CC[C@H](c2cc(NC(=O)Cc3cnc(OC)s3)n[nH]2)C1. The number of rotatable bonds is 8. The van der Waals surface area contributed by atoms with Crippen molar-refractivity contribution in [2.45, 2.75) is 51.0 Å². The lowest BCUT2D eigenvalue weighted by atomic mass is 10.0. The Kier molecular flexibility index (Phi) is 6.85. The van der Waals surface area contributed by atoms with Gasteiger partial charge in [-0.15, -0.1) is 0 Å². The lowest BCUT2D eigenvalue weighted by molar-refractivity contribution is -0.115. The van der Waals surface area contributed by atoms with E-state index in [-0.39, 0.29) is 30.4 Å². The van der Waals surface area contributed by atoms with Gasteiger partial charge in [0.2, 0.25) is 5.91 Å². The van der Waals surface area contributed by atoms with Crippen molar-refractivity contribution in [1.29, 1.82) is 0 Å². The number of hydrogen-bond donors (Lipinski definition) is 3. The molecule has 0 aliphatic heterocycles. The van der Waals surface area contributed by atoms with Crippen LogP contribution in [0, 0.1) is 0 Å². The Balaban J connectivity index is 1.47. The van der Waals surface area contributed by atoms with Gasteiger partial charge in [-0.05, 0) is 25.7 Å². The van der Waals surface area contributed by atoms with Crippen LogP contribution in [0.25, 0.3) is 0 Å². The number of amides is 2. The molecule has 2 amide bonds. The topological polar surface area (TPSA) is 118 Å². The minimum Gasteiger partial charge on any atom is -0.473 e. The van der Waals surface area contributed by atoms with Crippen molar-refractivity contribution < 1.29 is 19.1 Å². The molecule has 0 aromatic carbocycles. The Morgan fingerprint density at radius 2 is 2.25 bits per heavy atom. The minimum absolute atomic E-state index is 0.0945. The summed E-state index contributed by atoms with van der Waals surface area (Å²) in [4.78, 5) is 28.7. The summed E-state index contributed by atoms with van der Waals surface area (Å²) < 4.78 is 10.1. The van der Waals surface area contributed by atoms with E-state index in [0.717, 1.165) is 36.3 Å². The van der Waals surface area contributed by atoms with Crippen LogP contribution in [0.2, 0.25) is 0 Å². The zero-order valence-electron chi connectivity index (χ0n) is 16.0. The first kappa shape index (κ1) is 20.1. The van der Waals surface area contributed by atoms with E-state index in [1.807, 2.05) is 13.0 Å².